The van der Waals surface area contributed by atoms with Gasteiger partial charge in [-0.05, 0) is 38.6 Å². The molecule has 14 heteroatoms. The molecule has 1 fully saturated rings. The number of likely N-dealkylation sites (N-methyl/N-ethyl adjacent to an activating group) is 1. The number of hydrogen-bond acceptors (Lipinski definition) is 8. The van der Waals surface area contributed by atoms with Gasteiger partial charge in [-0.3, -0.25) is 4.98 Å². The first kappa shape index (κ1) is 26.1. The second kappa shape index (κ2) is 10.1. The van der Waals surface area contributed by atoms with Gasteiger partial charge in [0.05, 0.1) is 24.2 Å². The molecule has 0 amide bonds. The van der Waals surface area contributed by atoms with Gasteiger partial charge < -0.3 is 24.3 Å². The first-order valence-corrected chi connectivity index (χ1v) is 12.8. The van der Waals surface area contributed by atoms with Crippen LogP contribution in [0.4, 0.5) is 24.8 Å². The Morgan fingerprint density at radius 2 is 1.98 bits per heavy atom. The highest BCUT2D eigenvalue weighted by Gasteiger charge is 2.32. The van der Waals surface area contributed by atoms with Crippen molar-refractivity contribution in [3.05, 3.63) is 59.8 Å². The molecule has 0 bridgehead atoms. The summed E-state index contributed by atoms with van der Waals surface area (Å²) in [6, 6.07) is 3.70. The maximum Gasteiger partial charge on any atom is 0.416 e. The van der Waals surface area contributed by atoms with Crippen LogP contribution < -0.4 is 14.8 Å². The molecule has 208 valence electrons. The first-order valence-electron chi connectivity index (χ1n) is 12.5. The topological polar surface area (TPSA) is 94.6 Å². The fraction of sp³-hybridized carbons (Fsp3) is 0.308. The second-order valence-electron chi connectivity index (χ2n) is 9.58. The second-order valence-corrected chi connectivity index (χ2v) is 9.95. The van der Waals surface area contributed by atoms with Gasteiger partial charge in [0.2, 0.25) is 5.95 Å². The van der Waals surface area contributed by atoms with E-state index in [-0.39, 0.29) is 39.8 Å². The summed E-state index contributed by atoms with van der Waals surface area (Å²) in [7, 11) is 3.66. The highest BCUT2D eigenvalue weighted by molar-refractivity contribution is 6.36. The van der Waals surface area contributed by atoms with Crippen molar-refractivity contribution in [1.29, 1.82) is 0 Å². The molecule has 0 radical (unpaired) electrons. The number of halogens is 4. The predicted octanol–water partition coefficient (Wildman–Crippen LogP) is 5.69. The lowest BCUT2D eigenvalue weighted by molar-refractivity contribution is -0.137. The van der Waals surface area contributed by atoms with E-state index in [1.807, 2.05) is 7.05 Å². The molecule has 5 heterocycles. The molecule has 1 atom stereocenters. The van der Waals surface area contributed by atoms with E-state index in [4.69, 9.17) is 21.1 Å². The third-order valence-electron chi connectivity index (χ3n) is 6.92. The van der Waals surface area contributed by atoms with Gasteiger partial charge in [-0.15, -0.1) is 0 Å². The molecule has 6 rings (SSSR count). The summed E-state index contributed by atoms with van der Waals surface area (Å²) in [6.07, 6.45) is 5.26. The zero-order valence-electron chi connectivity index (χ0n) is 21.5. The molecule has 1 unspecified atom stereocenters. The Balaban J connectivity index is 1.29. The van der Waals surface area contributed by atoms with Crippen molar-refractivity contribution in [1.82, 2.24) is 34.0 Å². The van der Waals surface area contributed by atoms with Crippen LogP contribution in [-0.4, -0.2) is 60.3 Å². The van der Waals surface area contributed by atoms with Gasteiger partial charge >= 0.3 is 6.18 Å². The number of benzene rings is 1. The van der Waals surface area contributed by atoms with Crippen molar-refractivity contribution in [2.24, 2.45) is 7.05 Å². The number of likely N-dealkylation sites (tertiary alicyclic amines) is 1. The van der Waals surface area contributed by atoms with Crippen molar-refractivity contribution in [3.63, 3.8) is 0 Å². The van der Waals surface area contributed by atoms with Crippen LogP contribution in [0.3, 0.4) is 0 Å². The molecule has 1 aromatic carbocycles. The number of aromatic nitrogens is 6. The number of pyridine rings is 1. The molecule has 1 aliphatic rings. The van der Waals surface area contributed by atoms with Crippen LogP contribution in [0.5, 0.6) is 17.2 Å². The zero-order valence-corrected chi connectivity index (χ0v) is 22.2. The number of hydrogen-bond donors (Lipinski definition) is 1. The molecular weight excluding hydrogens is 549 g/mol. The summed E-state index contributed by atoms with van der Waals surface area (Å²) in [4.78, 5) is 15.0. The molecule has 1 aliphatic heterocycles. The molecular formula is C26H24ClF3N8O2. The van der Waals surface area contributed by atoms with Gasteiger partial charge in [0.25, 0.3) is 0 Å². The molecule has 0 saturated carbocycles. The normalized spacial score (nSPS) is 16.2. The molecule has 40 heavy (non-hydrogen) atoms. The van der Waals surface area contributed by atoms with Crippen molar-refractivity contribution in [3.8, 4) is 17.2 Å². The summed E-state index contributed by atoms with van der Waals surface area (Å²) in [5.74, 6) is 1.04. The Kier molecular flexibility index (Phi) is 6.62. The zero-order chi connectivity index (χ0) is 28.0. The number of anilines is 2. The lowest BCUT2D eigenvalue weighted by Gasteiger charge is -2.20. The van der Waals surface area contributed by atoms with Gasteiger partial charge in [0.1, 0.15) is 28.4 Å². The Bertz CT molecular complexity index is 1700. The van der Waals surface area contributed by atoms with Crippen LogP contribution in [0.1, 0.15) is 18.4 Å². The van der Waals surface area contributed by atoms with E-state index in [2.05, 4.69) is 30.3 Å². The summed E-state index contributed by atoms with van der Waals surface area (Å²) >= 11 is 6.69. The molecule has 1 N–H and O–H groups in total. The van der Waals surface area contributed by atoms with Crippen LogP contribution in [0, 0.1) is 0 Å². The van der Waals surface area contributed by atoms with Crippen LogP contribution >= 0.6 is 11.6 Å². The minimum Gasteiger partial charge on any atom is -0.492 e. The molecule has 0 spiro atoms. The minimum absolute atomic E-state index is 0.117. The maximum atomic E-state index is 13.7. The van der Waals surface area contributed by atoms with E-state index in [0.717, 1.165) is 31.5 Å². The predicted molar refractivity (Wildman–Crippen MR) is 142 cm³/mol. The highest BCUT2D eigenvalue weighted by atomic mass is 35.5. The summed E-state index contributed by atoms with van der Waals surface area (Å²) in [5.41, 5.74) is 0.684. The SMILES string of the molecule is CN1CCCC1COc1cc(Nc2nc3ncc(Oc4cnn5ccncc45)c(Cl)c3n2C)cc(C(F)(F)F)c1. The number of ether oxygens (including phenoxy) is 2. The van der Waals surface area contributed by atoms with Crippen LogP contribution in [0.2, 0.25) is 5.02 Å². The lowest BCUT2D eigenvalue weighted by Crippen LogP contribution is -2.30. The van der Waals surface area contributed by atoms with Gasteiger partial charge in [-0.2, -0.15) is 23.3 Å². The summed E-state index contributed by atoms with van der Waals surface area (Å²) in [6.45, 7) is 1.24. The van der Waals surface area contributed by atoms with Gasteiger partial charge in [0.15, 0.2) is 17.1 Å². The molecule has 10 nitrogen and oxygen atoms in total. The van der Waals surface area contributed by atoms with Gasteiger partial charge in [-0.25, -0.2) is 9.50 Å². The highest BCUT2D eigenvalue weighted by Crippen LogP contribution is 2.38. The standard InChI is InChI=1S/C26H24ClF3N8O2/c1-36-6-3-4-17(36)14-39-18-9-15(26(28,29)30)8-16(10-18)34-25-35-24-23(37(25)2)22(27)21(12-32-24)40-20-13-33-38-7-5-31-11-19(20)38/h5,7-13,17H,3-4,6,14H2,1-2H3,(H,32,34,35). The molecule has 4 aromatic heterocycles. The van der Waals surface area contributed by atoms with E-state index in [1.165, 1.54) is 18.5 Å². The van der Waals surface area contributed by atoms with Crippen molar-refractivity contribution in [2.45, 2.75) is 25.1 Å². The van der Waals surface area contributed by atoms with E-state index in [0.29, 0.717) is 23.4 Å². The number of alkyl halides is 3. The van der Waals surface area contributed by atoms with Crippen molar-refractivity contribution < 1.29 is 22.6 Å². The van der Waals surface area contributed by atoms with Crippen LogP contribution in [0.25, 0.3) is 16.7 Å². The van der Waals surface area contributed by atoms with Gasteiger partial charge in [-0.1, -0.05) is 11.6 Å². The lowest BCUT2D eigenvalue weighted by atomic mass is 10.1. The largest absolute Gasteiger partial charge is 0.492 e. The monoisotopic (exact) mass is 572 g/mol. The Morgan fingerprint density at radius 3 is 2.75 bits per heavy atom. The number of nitrogens with zero attached hydrogens (tertiary/aromatic N) is 7. The summed E-state index contributed by atoms with van der Waals surface area (Å²) < 4.78 is 56.2. The third-order valence-corrected chi connectivity index (χ3v) is 7.28. The summed E-state index contributed by atoms with van der Waals surface area (Å²) in [5, 5.41) is 7.41. The molecule has 1 saturated heterocycles. The average Bonchev–Trinajstić information content (AvgIpc) is 3.61. The number of rotatable bonds is 7. The first-order chi connectivity index (χ1) is 19.2. The van der Waals surface area contributed by atoms with Crippen molar-refractivity contribution in [2.75, 3.05) is 25.5 Å². The number of aryl methyl sites for hydroxylation is 1. The van der Waals surface area contributed by atoms with Crippen molar-refractivity contribution >= 4 is 39.9 Å². The smallest absolute Gasteiger partial charge is 0.416 e. The molecule has 0 aliphatic carbocycles. The maximum absolute atomic E-state index is 13.7. The minimum atomic E-state index is -4.56. The number of imidazole rings is 1. The average molecular weight is 573 g/mol. The van der Waals surface area contributed by atoms with Crippen LogP contribution in [-0.2, 0) is 13.2 Å². The fourth-order valence-corrected chi connectivity index (χ4v) is 5.03. The van der Waals surface area contributed by atoms with E-state index in [1.54, 1.807) is 34.7 Å². The van der Waals surface area contributed by atoms with E-state index < -0.39 is 11.7 Å². The Hall–Kier alpha value is -4.10. The number of nitrogens with one attached hydrogen (secondary N) is 1. The van der Waals surface area contributed by atoms with E-state index >= 15 is 0 Å². The molecule has 5 aromatic rings. The Labute approximate surface area is 231 Å². The Morgan fingerprint density at radius 1 is 1.12 bits per heavy atom. The number of fused-ring (bicyclic) bond motifs is 2. The van der Waals surface area contributed by atoms with Crippen LogP contribution in [0.15, 0.2) is 49.2 Å². The van der Waals surface area contributed by atoms with E-state index in [9.17, 15) is 13.2 Å². The quantitative estimate of drug-likeness (QED) is 0.266. The fourth-order valence-electron chi connectivity index (χ4n) is 4.74. The third kappa shape index (κ3) is 4.97. The van der Waals surface area contributed by atoms with Gasteiger partial charge in [0, 0.05) is 37.2 Å².